The van der Waals surface area contributed by atoms with E-state index < -0.39 is 42.9 Å². The molecular weight excluding hydrogens is 461 g/mol. The van der Waals surface area contributed by atoms with E-state index in [4.69, 9.17) is 27.9 Å². The third-order valence-corrected chi connectivity index (χ3v) is 5.27. The third kappa shape index (κ3) is 5.06. The fraction of sp³-hybridized carbons (Fsp3) is 0.190. The molecule has 0 bridgehead atoms. The average Bonchev–Trinajstić information content (AvgIpc) is 2.93. The molecule has 1 heterocycles. The number of ether oxygens (including phenoxy) is 1. The molecule has 2 N–H and O–H groups in total. The first-order chi connectivity index (χ1) is 15.1. The van der Waals surface area contributed by atoms with Crippen molar-refractivity contribution in [3.05, 3.63) is 62.6 Å². The molecule has 0 fully saturated rings. The van der Waals surface area contributed by atoms with Crippen LogP contribution in [0, 0.1) is 13.8 Å². The largest absolute Gasteiger partial charge is 0.454 e. The van der Waals surface area contributed by atoms with E-state index in [1.165, 1.54) is 12.1 Å². The summed E-state index contributed by atoms with van der Waals surface area (Å²) in [7, 11) is 0. The van der Waals surface area contributed by atoms with Gasteiger partial charge in [-0.05, 0) is 37.6 Å². The normalized spacial score (nSPS) is 12.4. The SMILES string of the molecule is Cc1ccc(NC(=O)NC(=O)COC(=O)CN2C(=O)c3cc(Cl)c(Cl)cc3C2=O)c(C)c1. The van der Waals surface area contributed by atoms with Gasteiger partial charge in [0, 0.05) is 5.69 Å². The van der Waals surface area contributed by atoms with Crippen LogP contribution in [0.2, 0.25) is 10.0 Å². The summed E-state index contributed by atoms with van der Waals surface area (Å²) >= 11 is 11.7. The maximum absolute atomic E-state index is 12.4. The molecule has 0 radical (unpaired) electrons. The zero-order valence-electron chi connectivity index (χ0n) is 17.0. The van der Waals surface area contributed by atoms with Gasteiger partial charge >= 0.3 is 12.0 Å². The van der Waals surface area contributed by atoms with Crippen molar-refractivity contribution in [1.29, 1.82) is 0 Å². The predicted octanol–water partition coefficient (Wildman–Crippen LogP) is 3.10. The topological polar surface area (TPSA) is 122 Å². The third-order valence-electron chi connectivity index (χ3n) is 4.55. The first-order valence-corrected chi connectivity index (χ1v) is 10.0. The number of fused-ring (bicyclic) bond motifs is 1. The van der Waals surface area contributed by atoms with Crippen molar-refractivity contribution in [2.75, 3.05) is 18.5 Å². The Morgan fingerprint density at radius 3 is 2.12 bits per heavy atom. The Hall–Kier alpha value is -3.43. The van der Waals surface area contributed by atoms with Gasteiger partial charge in [-0.3, -0.25) is 29.4 Å². The molecule has 2 aromatic carbocycles. The Labute approximate surface area is 192 Å². The van der Waals surface area contributed by atoms with Crippen LogP contribution in [-0.2, 0) is 14.3 Å². The van der Waals surface area contributed by atoms with E-state index in [2.05, 4.69) is 5.32 Å². The average molecular weight is 478 g/mol. The summed E-state index contributed by atoms with van der Waals surface area (Å²) in [5, 5.41) is 4.71. The fourth-order valence-electron chi connectivity index (χ4n) is 3.02. The number of nitrogens with one attached hydrogen (secondary N) is 2. The van der Waals surface area contributed by atoms with Crippen LogP contribution in [0.15, 0.2) is 30.3 Å². The van der Waals surface area contributed by atoms with Crippen LogP contribution in [0.5, 0.6) is 0 Å². The molecule has 0 saturated heterocycles. The number of aryl methyl sites for hydroxylation is 2. The Morgan fingerprint density at radius 1 is 0.969 bits per heavy atom. The maximum Gasteiger partial charge on any atom is 0.326 e. The van der Waals surface area contributed by atoms with E-state index in [0.717, 1.165) is 11.1 Å². The number of benzene rings is 2. The Kier molecular flexibility index (Phi) is 6.81. The van der Waals surface area contributed by atoms with Gasteiger partial charge < -0.3 is 10.1 Å². The summed E-state index contributed by atoms with van der Waals surface area (Å²) in [6.45, 7) is 2.21. The van der Waals surface area contributed by atoms with E-state index in [1.54, 1.807) is 19.1 Å². The molecule has 0 aliphatic carbocycles. The lowest BCUT2D eigenvalue weighted by molar-refractivity contribution is -0.148. The Morgan fingerprint density at radius 2 is 1.56 bits per heavy atom. The number of carbonyl (C=O) groups is 5. The summed E-state index contributed by atoms with van der Waals surface area (Å²) < 4.78 is 4.77. The quantitative estimate of drug-likeness (QED) is 0.503. The first kappa shape index (κ1) is 23.2. The summed E-state index contributed by atoms with van der Waals surface area (Å²) in [5.41, 5.74) is 2.36. The summed E-state index contributed by atoms with van der Waals surface area (Å²) in [6.07, 6.45) is 0. The number of rotatable bonds is 5. The molecule has 5 amide bonds. The van der Waals surface area contributed by atoms with E-state index in [9.17, 15) is 24.0 Å². The number of nitrogens with zero attached hydrogens (tertiary/aromatic N) is 1. The fourth-order valence-corrected chi connectivity index (χ4v) is 3.35. The molecule has 3 rings (SSSR count). The van der Waals surface area contributed by atoms with Gasteiger partial charge in [-0.1, -0.05) is 40.9 Å². The molecule has 0 saturated carbocycles. The van der Waals surface area contributed by atoms with Gasteiger partial charge in [0.25, 0.3) is 17.7 Å². The molecule has 0 aromatic heterocycles. The van der Waals surface area contributed by atoms with Crippen molar-refractivity contribution < 1.29 is 28.7 Å². The maximum atomic E-state index is 12.4. The van der Waals surface area contributed by atoms with E-state index >= 15 is 0 Å². The summed E-state index contributed by atoms with van der Waals surface area (Å²) in [4.78, 5) is 61.3. The van der Waals surface area contributed by atoms with E-state index in [1.807, 2.05) is 18.3 Å². The number of hydrogen-bond donors (Lipinski definition) is 2. The van der Waals surface area contributed by atoms with Gasteiger partial charge in [0.05, 0.1) is 21.2 Å². The van der Waals surface area contributed by atoms with Crippen LogP contribution in [0.25, 0.3) is 0 Å². The molecule has 32 heavy (non-hydrogen) atoms. The monoisotopic (exact) mass is 477 g/mol. The number of anilines is 1. The zero-order chi connectivity index (χ0) is 23.6. The molecule has 2 aromatic rings. The van der Waals surface area contributed by atoms with Crippen molar-refractivity contribution in [3.8, 4) is 0 Å². The van der Waals surface area contributed by atoms with Gasteiger partial charge in [-0.2, -0.15) is 0 Å². The van der Waals surface area contributed by atoms with Gasteiger partial charge in [0.1, 0.15) is 6.54 Å². The van der Waals surface area contributed by atoms with Crippen molar-refractivity contribution >= 4 is 58.6 Å². The van der Waals surface area contributed by atoms with Crippen LogP contribution >= 0.6 is 23.2 Å². The number of urea groups is 1. The van der Waals surface area contributed by atoms with Crippen molar-refractivity contribution in [1.82, 2.24) is 10.2 Å². The highest BCUT2D eigenvalue weighted by atomic mass is 35.5. The molecule has 11 heteroatoms. The van der Waals surface area contributed by atoms with Crippen LogP contribution in [0.4, 0.5) is 10.5 Å². The standard InChI is InChI=1S/C21H17Cl2N3O6/c1-10-3-4-16(11(2)5-10)24-21(31)25-17(27)9-32-18(28)8-26-19(29)12-6-14(22)15(23)7-13(12)20(26)30/h3-7H,8-9H2,1-2H3,(H2,24,25,27,31). The molecule has 0 atom stereocenters. The highest BCUT2D eigenvalue weighted by Gasteiger charge is 2.37. The van der Waals surface area contributed by atoms with Gasteiger partial charge in [-0.15, -0.1) is 0 Å². The second kappa shape index (κ2) is 9.37. The first-order valence-electron chi connectivity index (χ1n) is 9.25. The number of halogens is 2. The predicted molar refractivity (Wildman–Crippen MR) is 116 cm³/mol. The molecular formula is C21H17Cl2N3O6. The van der Waals surface area contributed by atoms with Crippen LogP contribution < -0.4 is 10.6 Å². The molecule has 9 nitrogen and oxygen atoms in total. The van der Waals surface area contributed by atoms with Gasteiger partial charge in [0.2, 0.25) is 0 Å². The highest BCUT2D eigenvalue weighted by Crippen LogP contribution is 2.31. The second-order valence-corrected chi connectivity index (χ2v) is 7.80. The number of amides is 5. The lowest BCUT2D eigenvalue weighted by Crippen LogP contribution is -2.39. The number of carbonyl (C=O) groups excluding carboxylic acids is 5. The van der Waals surface area contributed by atoms with Crippen molar-refractivity contribution in [2.45, 2.75) is 13.8 Å². The van der Waals surface area contributed by atoms with Gasteiger partial charge in [-0.25, -0.2) is 4.79 Å². The Bertz CT molecular complexity index is 1120. The number of hydrogen-bond acceptors (Lipinski definition) is 6. The lowest BCUT2D eigenvalue weighted by atomic mass is 10.1. The smallest absolute Gasteiger partial charge is 0.326 e. The minimum atomic E-state index is -1.01. The molecule has 166 valence electrons. The zero-order valence-corrected chi connectivity index (χ0v) is 18.5. The van der Waals surface area contributed by atoms with E-state index in [-0.39, 0.29) is 21.2 Å². The number of esters is 1. The molecule has 1 aliphatic rings. The summed E-state index contributed by atoms with van der Waals surface area (Å²) in [5.74, 6) is -3.38. The minimum Gasteiger partial charge on any atom is -0.454 e. The minimum absolute atomic E-state index is 0.0120. The van der Waals surface area contributed by atoms with Crippen LogP contribution in [-0.4, -0.2) is 47.8 Å². The van der Waals surface area contributed by atoms with Crippen LogP contribution in [0.3, 0.4) is 0 Å². The van der Waals surface area contributed by atoms with Crippen LogP contribution in [0.1, 0.15) is 31.8 Å². The lowest BCUT2D eigenvalue weighted by Gasteiger charge is -2.13. The number of imide groups is 2. The molecule has 1 aliphatic heterocycles. The Balaban J connectivity index is 1.50. The van der Waals surface area contributed by atoms with Crippen molar-refractivity contribution in [3.63, 3.8) is 0 Å². The highest BCUT2D eigenvalue weighted by molar-refractivity contribution is 6.43. The van der Waals surface area contributed by atoms with E-state index in [0.29, 0.717) is 10.6 Å². The molecule has 0 unspecified atom stereocenters. The van der Waals surface area contributed by atoms with Gasteiger partial charge in [0.15, 0.2) is 6.61 Å². The summed E-state index contributed by atoms with van der Waals surface area (Å²) in [6, 6.07) is 7.04. The second-order valence-electron chi connectivity index (χ2n) is 6.99. The van der Waals surface area contributed by atoms with Crippen molar-refractivity contribution in [2.24, 2.45) is 0 Å². The molecule has 0 spiro atoms.